The Kier molecular flexibility index (Phi) is 6.73. The van der Waals surface area contributed by atoms with E-state index >= 15 is 0 Å². The lowest BCUT2D eigenvalue weighted by Gasteiger charge is -2.18. The Labute approximate surface area is 192 Å². The number of para-hydroxylation sites is 2. The van der Waals surface area contributed by atoms with Crippen LogP contribution in [0.25, 0.3) is 11.0 Å². The van der Waals surface area contributed by atoms with Gasteiger partial charge < -0.3 is 9.88 Å². The maximum Gasteiger partial charge on any atom is 0.251 e. The third kappa shape index (κ3) is 4.90. The van der Waals surface area contributed by atoms with E-state index in [-0.39, 0.29) is 5.91 Å². The molecule has 1 fully saturated rings. The van der Waals surface area contributed by atoms with Crippen molar-refractivity contribution in [2.24, 2.45) is 5.92 Å². The number of imidazole rings is 1. The number of likely N-dealkylation sites (tertiary alicyclic amines) is 1. The van der Waals surface area contributed by atoms with E-state index in [1.165, 1.54) is 0 Å². The molecule has 0 spiro atoms. The molecule has 0 bridgehead atoms. The highest BCUT2D eigenvalue weighted by atomic mass is 16.5. The zero-order chi connectivity index (χ0) is 23.4. The summed E-state index contributed by atoms with van der Waals surface area (Å²) in [7, 11) is 0. The van der Waals surface area contributed by atoms with E-state index in [9.17, 15) is 9.59 Å². The summed E-state index contributed by atoms with van der Waals surface area (Å²) < 4.78 is 2.15. The highest BCUT2D eigenvalue weighted by molar-refractivity contribution is 5.95. The molecular formula is C25H27N5O3. The van der Waals surface area contributed by atoms with Gasteiger partial charge in [0.1, 0.15) is 5.82 Å². The zero-order valence-electron chi connectivity index (χ0n) is 18.7. The highest BCUT2D eigenvalue weighted by Gasteiger charge is 2.38. The van der Waals surface area contributed by atoms with Gasteiger partial charge in [-0.25, -0.2) is 10.5 Å². The number of hydrogen-bond donors (Lipinski definition) is 3. The summed E-state index contributed by atoms with van der Waals surface area (Å²) in [5.74, 6) is 5.43. The summed E-state index contributed by atoms with van der Waals surface area (Å²) in [6.07, 6.45) is 0. The van der Waals surface area contributed by atoms with Crippen LogP contribution in [0.2, 0.25) is 0 Å². The molecule has 8 nitrogen and oxygen atoms in total. The molecule has 1 saturated heterocycles. The van der Waals surface area contributed by atoms with Crippen LogP contribution in [0, 0.1) is 24.7 Å². The molecule has 33 heavy (non-hydrogen) atoms. The second kappa shape index (κ2) is 9.86. The molecule has 0 saturated carbocycles. The van der Waals surface area contributed by atoms with Crippen LogP contribution in [-0.4, -0.2) is 57.1 Å². The number of rotatable bonds is 6. The van der Waals surface area contributed by atoms with Crippen LogP contribution in [-0.2, 0) is 11.3 Å². The van der Waals surface area contributed by atoms with Gasteiger partial charge in [-0.05, 0) is 43.7 Å². The topological polar surface area (TPSA) is 99.5 Å². The van der Waals surface area contributed by atoms with Crippen molar-refractivity contribution in [2.75, 3.05) is 19.6 Å². The van der Waals surface area contributed by atoms with Crippen molar-refractivity contribution >= 4 is 22.8 Å². The Hall–Kier alpha value is -3.67. The van der Waals surface area contributed by atoms with Crippen molar-refractivity contribution in [2.45, 2.75) is 26.4 Å². The summed E-state index contributed by atoms with van der Waals surface area (Å²) in [5, 5.41) is 12.0. The second-order valence-electron chi connectivity index (χ2n) is 8.21. The molecule has 3 N–H and O–H groups in total. The Balaban J connectivity index is 1.44. The molecule has 3 aromatic rings. The van der Waals surface area contributed by atoms with E-state index in [1.807, 2.05) is 48.2 Å². The first-order valence-corrected chi connectivity index (χ1v) is 10.9. The maximum absolute atomic E-state index is 12.9. The number of aryl methyl sites for hydroxylation is 1. The van der Waals surface area contributed by atoms with Crippen molar-refractivity contribution in [3.8, 4) is 11.8 Å². The Morgan fingerprint density at radius 3 is 2.64 bits per heavy atom. The standard InChI is InChI=1S/C25H27N5O3/c1-3-4-13-29-15-20(25(32)28-33)22(16-29)27-24(31)19-11-9-18(10-12-19)14-30-17(2)26-21-7-5-6-8-23(21)30/h5-12,20,22,33H,13-16H2,1-2H3,(H,27,31)(H,28,32)/t20-,22+/m0/s1. The molecule has 170 valence electrons. The molecular weight excluding hydrogens is 418 g/mol. The maximum atomic E-state index is 12.9. The fraction of sp³-hybridized carbons (Fsp3) is 0.320. The van der Waals surface area contributed by atoms with Crippen LogP contribution in [0.5, 0.6) is 0 Å². The van der Waals surface area contributed by atoms with Crippen LogP contribution in [0.15, 0.2) is 48.5 Å². The number of carbonyl (C=O) groups is 2. The van der Waals surface area contributed by atoms with E-state index in [0.717, 1.165) is 22.4 Å². The molecule has 2 heterocycles. The van der Waals surface area contributed by atoms with Gasteiger partial charge in [0, 0.05) is 25.2 Å². The third-order valence-electron chi connectivity index (χ3n) is 6.04. The monoisotopic (exact) mass is 445 g/mol. The Morgan fingerprint density at radius 2 is 1.91 bits per heavy atom. The summed E-state index contributed by atoms with van der Waals surface area (Å²) in [6.45, 7) is 5.82. The van der Waals surface area contributed by atoms with Gasteiger partial charge in [0.05, 0.1) is 29.5 Å². The number of hydroxylamine groups is 1. The van der Waals surface area contributed by atoms with Gasteiger partial charge in [-0.15, -0.1) is 5.92 Å². The number of carbonyl (C=O) groups excluding carboxylic acids is 2. The van der Waals surface area contributed by atoms with Crippen LogP contribution in [0.3, 0.4) is 0 Å². The van der Waals surface area contributed by atoms with Crippen molar-refractivity contribution in [1.82, 2.24) is 25.2 Å². The van der Waals surface area contributed by atoms with Gasteiger partial charge in [-0.1, -0.05) is 30.2 Å². The Morgan fingerprint density at radius 1 is 1.15 bits per heavy atom. The molecule has 0 unspecified atom stereocenters. The first-order chi connectivity index (χ1) is 16.0. The quantitative estimate of drug-likeness (QED) is 0.306. The zero-order valence-corrected chi connectivity index (χ0v) is 18.7. The van der Waals surface area contributed by atoms with E-state index in [2.05, 4.69) is 26.7 Å². The van der Waals surface area contributed by atoms with Gasteiger partial charge in [-0.2, -0.15) is 0 Å². The van der Waals surface area contributed by atoms with E-state index in [0.29, 0.717) is 31.7 Å². The van der Waals surface area contributed by atoms with Crippen LogP contribution in [0.1, 0.15) is 28.7 Å². The third-order valence-corrected chi connectivity index (χ3v) is 6.04. The van der Waals surface area contributed by atoms with Crippen LogP contribution < -0.4 is 10.8 Å². The van der Waals surface area contributed by atoms with Crippen LogP contribution >= 0.6 is 0 Å². The summed E-state index contributed by atoms with van der Waals surface area (Å²) in [5.41, 5.74) is 5.32. The van der Waals surface area contributed by atoms with Crippen molar-refractivity contribution in [3.05, 3.63) is 65.5 Å². The predicted octanol–water partition coefficient (Wildman–Crippen LogP) is 1.95. The molecule has 4 rings (SSSR count). The molecule has 2 aromatic carbocycles. The average Bonchev–Trinajstić information content (AvgIpc) is 3.37. The molecule has 2 amide bonds. The molecule has 1 aliphatic rings. The van der Waals surface area contributed by atoms with Gasteiger partial charge in [0.2, 0.25) is 5.91 Å². The fourth-order valence-corrected chi connectivity index (χ4v) is 4.29. The molecule has 1 aromatic heterocycles. The number of hydrogen-bond acceptors (Lipinski definition) is 5. The lowest BCUT2D eigenvalue weighted by Crippen LogP contribution is -2.45. The minimum absolute atomic E-state index is 0.255. The number of amides is 2. The van der Waals surface area contributed by atoms with Crippen molar-refractivity contribution in [1.29, 1.82) is 0 Å². The van der Waals surface area contributed by atoms with Crippen LogP contribution in [0.4, 0.5) is 0 Å². The molecule has 0 radical (unpaired) electrons. The first-order valence-electron chi connectivity index (χ1n) is 10.9. The molecule has 2 atom stereocenters. The van der Waals surface area contributed by atoms with Gasteiger partial charge in [-0.3, -0.25) is 19.7 Å². The lowest BCUT2D eigenvalue weighted by atomic mass is 10.0. The number of benzene rings is 2. The molecule has 8 heteroatoms. The number of fused-ring (bicyclic) bond motifs is 1. The normalized spacial score (nSPS) is 18.0. The highest BCUT2D eigenvalue weighted by Crippen LogP contribution is 2.19. The average molecular weight is 446 g/mol. The molecule has 1 aliphatic heterocycles. The van der Waals surface area contributed by atoms with E-state index in [4.69, 9.17) is 5.21 Å². The number of aromatic nitrogens is 2. The summed E-state index contributed by atoms with van der Waals surface area (Å²) in [6, 6.07) is 15.0. The van der Waals surface area contributed by atoms with Gasteiger partial charge in [0.25, 0.3) is 5.91 Å². The predicted molar refractivity (Wildman–Crippen MR) is 125 cm³/mol. The van der Waals surface area contributed by atoms with Gasteiger partial charge in [0.15, 0.2) is 0 Å². The van der Waals surface area contributed by atoms with Crippen molar-refractivity contribution < 1.29 is 14.8 Å². The van der Waals surface area contributed by atoms with Crippen molar-refractivity contribution in [3.63, 3.8) is 0 Å². The Bertz CT molecular complexity index is 1220. The minimum atomic E-state index is -0.547. The second-order valence-corrected chi connectivity index (χ2v) is 8.21. The van der Waals surface area contributed by atoms with E-state index < -0.39 is 17.9 Å². The lowest BCUT2D eigenvalue weighted by molar-refractivity contribution is -0.133. The fourth-order valence-electron chi connectivity index (χ4n) is 4.29. The summed E-state index contributed by atoms with van der Waals surface area (Å²) in [4.78, 5) is 31.6. The largest absolute Gasteiger partial charge is 0.347 e. The summed E-state index contributed by atoms with van der Waals surface area (Å²) >= 11 is 0. The van der Waals surface area contributed by atoms with E-state index in [1.54, 1.807) is 24.5 Å². The minimum Gasteiger partial charge on any atom is -0.347 e. The molecule has 0 aliphatic carbocycles. The smallest absolute Gasteiger partial charge is 0.251 e. The van der Waals surface area contributed by atoms with Gasteiger partial charge >= 0.3 is 0 Å². The number of nitrogens with one attached hydrogen (secondary N) is 2. The number of nitrogens with zero attached hydrogens (tertiary/aromatic N) is 3. The first kappa shape index (κ1) is 22.5. The SMILES string of the molecule is CC#CCN1C[C@H](C(=O)NO)[C@H](NC(=O)c2ccc(Cn3c(C)nc4ccccc43)cc2)C1.